The van der Waals surface area contributed by atoms with Crippen molar-refractivity contribution in [1.82, 2.24) is 10.1 Å². The Hall–Kier alpha value is -3.70. The van der Waals surface area contributed by atoms with Crippen LogP contribution in [0, 0.1) is 23.3 Å². The summed E-state index contributed by atoms with van der Waals surface area (Å²) in [5.74, 6) is -66.9. The number of anilines is 1. The number of carbonyl (C=O) groups is 1. The van der Waals surface area contributed by atoms with E-state index in [2.05, 4.69) is 9.26 Å². The Balaban J connectivity index is 2.62. The molecule has 0 saturated heterocycles. The van der Waals surface area contributed by atoms with Gasteiger partial charge in [-0.15, -0.1) is 0 Å². The lowest BCUT2D eigenvalue weighted by Crippen LogP contribution is -2.72. The molecule has 0 amide bonds. The fourth-order valence-corrected chi connectivity index (χ4v) is 2.91. The van der Waals surface area contributed by atoms with Crippen LogP contribution in [0.25, 0.3) is 11.5 Å². The fraction of sp³-hybridized carbons (Fsp3) is 0.526. The highest BCUT2D eigenvalue weighted by molar-refractivity contribution is 5.75. The van der Waals surface area contributed by atoms with Gasteiger partial charge in [0.2, 0.25) is 5.82 Å². The summed E-state index contributed by atoms with van der Waals surface area (Å²) in [4.78, 5) is 13.2. The number of nitrogens with zero attached hydrogens (tertiary/aromatic N) is 2. The number of hydrogen-bond donors (Lipinski definition) is 1. The Morgan fingerprint density at radius 2 is 1.14 bits per heavy atom. The first kappa shape index (κ1) is 36.5. The summed E-state index contributed by atoms with van der Waals surface area (Å²) in [5.41, 5.74) is -4.18. The van der Waals surface area contributed by atoms with Crippen LogP contribution in [0.1, 0.15) is 12.7 Å². The molecule has 250 valence electrons. The van der Waals surface area contributed by atoms with E-state index in [1.54, 1.807) is 5.16 Å². The summed E-state index contributed by atoms with van der Waals surface area (Å²) in [6, 6.07) is 0. The number of benzene rings is 1. The average molecular weight is 687 g/mol. The molecule has 0 aliphatic rings. The molecule has 0 atom stereocenters. The van der Waals surface area contributed by atoms with Gasteiger partial charge < -0.3 is 14.6 Å². The minimum absolute atomic E-state index is 0.289. The van der Waals surface area contributed by atoms with Crippen molar-refractivity contribution >= 4 is 11.7 Å². The molecule has 2 aromatic rings. The van der Waals surface area contributed by atoms with Crippen LogP contribution in [0.15, 0.2) is 4.52 Å². The molecule has 6 nitrogen and oxygen atoms in total. The monoisotopic (exact) mass is 687 g/mol. The van der Waals surface area contributed by atoms with E-state index in [0.29, 0.717) is 0 Å². The van der Waals surface area contributed by atoms with Crippen molar-refractivity contribution in [2.75, 3.05) is 18.5 Å². The molecule has 2 rings (SSSR count). The van der Waals surface area contributed by atoms with E-state index in [1.165, 1.54) is 12.2 Å². The van der Waals surface area contributed by atoms with Crippen LogP contribution in [0.4, 0.5) is 89.1 Å². The van der Waals surface area contributed by atoms with E-state index in [1.807, 2.05) is 4.98 Å². The lowest BCUT2D eigenvalue weighted by molar-refractivity contribution is -0.454. The number of esters is 1. The molecule has 1 aromatic heterocycles. The Morgan fingerprint density at radius 3 is 1.57 bits per heavy atom. The molecule has 0 aliphatic carbocycles. The highest BCUT2D eigenvalue weighted by Crippen LogP contribution is 2.63. The first-order chi connectivity index (χ1) is 19.6. The van der Waals surface area contributed by atoms with Crippen LogP contribution in [-0.2, 0) is 15.5 Å². The van der Waals surface area contributed by atoms with Gasteiger partial charge in [-0.05, 0) is 6.92 Å². The van der Waals surface area contributed by atoms with Crippen molar-refractivity contribution in [3.05, 3.63) is 29.1 Å². The molecule has 0 saturated carbocycles. The van der Waals surface area contributed by atoms with E-state index >= 15 is 0 Å². The van der Waals surface area contributed by atoms with E-state index in [0.717, 1.165) is 0 Å². The standard InChI is InChI=1S/C19H8F19N3O3/c1-2-43-4(42)3-39-10-8(22)6(20)5(7(21)9(10)23)11-40-12(41-44-11)13(24,25)14(26,27)15(28,29)16(30,31)17(32,33)18(34,35)19(36,37)38/h39H,2-3H2,1H3. The summed E-state index contributed by atoms with van der Waals surface area (Å²) >= 11 is 0. The van der Waals surface area contributed by atoms with Gasteiger partial charge in [-0.25, -0.2) is 17.6 Å². The quantitative estimate of drug-likeness (QED) is 0.154. The lowest BCUT2D eigenvalue weighted by atomic mass is 9.91. The van der Waals surface area contributed by atoms with Crippen LogP contribution >= 0.6 is 0 Å². The van der Waals surface area contributed by atoms with Gasteiger partial charge >= 0.3 is 47.7 Å². The Kier molecular flexibility index (Phi) is 9.15. The minimum Gasteiger partial charge on any atom is -0.465 e. The molecular weight excluding hydrogens is 679 g/mol. The Bertz CT molecular complexity index is 1370. The van der Waals surface area contributed by atoms with Gasteiger partial charge in [0.05, 0.1) is 6.61 Å². The zero-order chi connectivity index (χ0) is 34.6. The van der Waals surface area contributed by atoms with Crippen molar-refractivity contribution in [3.8, 4) is 11.5 Å². The van der Waals surface area contributed by atoms with E-state index in [-0.39, 0.29) is 6.61 Å². The van der Waals surface area contributed by atoms with Crippen LogP contribution in [0.5, 0.6) is 0 Å². The van der Waals surface area contributed by atoms with E-state index in [9.17, 15) is 88.2 Å². The second-order valence-electron chi connectivity index (χ2n) is 8.03. The molecule has 0 aliphatic heterocycles. The number of rotatable bonds is 11. The summed E-state index contributed by atoms with van der Waals surface area (Å²) in [5, 5.41) is 3.26. The van der Waals surface area contributed by atoms with Gasteiger partial charge in [-0.1, -0.05) is 5.16 Å². The Morgan fingerprint density at radius 1 is 0.705 bits per heavy atom. The van der Waals surface area contributed by atoms with Crippen LogP contribution in [-0.4, -0.2) is 65.1 Å². The SMILES string of the molecule is CCOC(=O)CNc1c(F)c(F)c(-c2nc(C(F)(F)C(F)(F)C(F)(F)C(F)(F)C(F)(F)C(F)(F)C(F)(F)F)no2)c(F)c1F. The maximum absolute atomic E-state index is 14.4. The maximum Gasteiger partial charge on any atom is 0.460 e. The second kappa shape index (κ2) is 11.0. The number of alkyl halides is 15. The van der Waals surface area contributed by atoms with Gasteiger partial charge in [-0.3, -0.25) is 4.79 Å². The summed E-state index contributed by atoms with van der Waals surface area (Å²) in [6.45, 7) is -0.194. The molecule has 1 aromatic carbocycles. The third-order valence-electron chi connectivity index (χ3n) is 5.23. The van der Waals surface area contributed by atoms with Gasteiger partial charge in [0.15, 0.2) is 23.3 Å². The molecule has 1 heterocycles. The van der Waals surface area contributed by atoms with Crippen molar-refractivity contribution < 1.29 is 97.5 Å². The fourth-order valence-electron chi connectivity index (χ4n) is 2.91. The van der Waals surface area contributed by atoms with Gasteiger partial charge in [0, 0.05) is 0 Å². The third-order valence-corrected chi connectivity index (χ3v) is 5.23. The van der Waals surface area contributed by atoms with Crippen molar-refractivity contribution in [2.45, 2.75) is 48.6 Å². The largest absolute Gasteiger partial charge is 0.465 e. The number of carbonyl (C=O) groups excluding carboxylic acids is 1. The number of hydrogen-bond acceptors (Lipinski definition) is 6. The molecule has 0 spiro atoms. The first-order valence-electron chi connectivity index (χ1n) is 10.5. The van der Waals surface area contributed by atoms with Gasteiger partial charge in [0.1, 0.15) is 17.8 Å². The van der Waals surface area contributed by atoms with Crippen molar-refractivity contribution in [2.24, 2.45) is 0 Å². The number of ether oxygens (including phenoxy) is 1. The number of halogens is 19. The first-order valence-corrected chi connectivity index (χ1v) is 10.5. The smallest absolute Gasteiger partial charge is 0.460 e. The lowest BCUT2D eigenvalue weighted by Gasteiger charge is -2.40. The van der Waals surface area contributed by atoms with Crippen LogP contribution in [0.3, 0.4) is 0 Å². The molecule has 0 radical (unpaired) electrons. The zero-order valence-corrected chi connectivity index (χ0v) is 20.2. The van der Waals surface area contributed by atoms with Gasteiger partial charge in [-0.2, -0.15) is 70.8 Å². The number of nitrogens with one attached hydrogen (secondary N) is 1. The molecule has 0 unspecified atom stereocenters. The predicted octanol–water partition coefficient (Wildman–Crippen LogP) is 7.10. The summed E-state index contributed by atoms with van der Waals surface area (Å²) in [7, 11) is 0. The maximum atomic E-state index is 14.4. The molecule has 0 bridgehead atoms. The molecule has 44 heavy (non-hydrogen) atoms. The minimum atomic E-state index is -8.66. The second-order valence-corrected chi connectivity index (χ2v) is 8.03. The summed E-state index contributed by atoms with van der Waals surface area (Å²) in [6.07, 6.45) is -7.83. The Labute approximate surface area is 228 Å². The molecular formula is C19H8F19N3O3. The molecule has 0 fully saturated rings. The van der Waals surface area contributed by atoms with Crippen LogP contribution < -0.4 is 5.32 Å². The third kappa shape index (κ3) is 5.19. The van der Waals surface area contributed by atoms with Crippen LogP contribution in [0.2, 0.25) is 0 Å². The molecule has 1 N–H and O–H groups in total. The van der Waals surface area contributed by atoms with Gasteiger partial charge in [0.25, 0.3) is 5.89 Å². The highest BCUT2D eigenvalue weighted by atomic mass is 19.4. The average Bonchev–Trinajstić information content (AvgIpc) is 3.37. The normalized spacial score (nSPS) is 14.2. The van der Waals surface area contributed by atoms with E-state index in [4.69, 9.17) is 0 Å². The predicted molar refractivity (Wildman–Crippen MR) is 99.4 cm³/mol. The zero-order valence-electron chi connectivity index (χ0n) is 20.2. The molecule has 25 heteroatoms. The van der Waals surface area contributed by atoms with E-state index < -0.39 is 100 Å². The van der Waals surface area contributed by atoms with Crippen molar-refractivity contribution in [3.63, 3.8) is 0 Å². The summed E-state index contributed by atoms with van der Waals surface area (Å²) < 4.78 is 266. The topological polar surface area (TPSA) is 77.2 Å². The van der Waals surface area contributed by atoms with Crippen molar-refractivity contribution in [1.29, 1.82) is 0 Å². The highest BCUT2D eigenvalue weighted by Gasteiger charge is 2.93. The number of aromatic nitrogens is 2.